The van der Waals surface area contributed by atoms with Gasteiger partial charge in [-0.2, -0.15) is 0 Å². The summed E-state index contributed by atoms with van der Waals surface area (Å²) in [5.74, 6) is 0. The second-order valence-electron chi connectivity index (χ2n) is 2.40. The number of nitrogens with zero attached hydrogens (tertiary/aromatic N) is 1. The third-order valence-electron chi connectivity index (χ3n) is 1.38. The predicted octanol–water partition coefficient (Wildman–Crippen LogP) is 2.83. The lowest BCUT2D eigenvalue weighted by Gasteiger charge is -2.03. The summed E-state index contributed by atoms with van der Waals surface area (Å²) in [5, 5.41) is 3.22. The molecule has 64 valence electrons. The summed E-state index contributed by atoms with van der Waals surface area (Å²) >= 11 is 3.35. The van der Waals surface area contributed by atoms with E-state index in [1.807, 2.05) is 12.1 Å². The molecule has 1 aromatic heterocycles. The minimum atomic E-state index is 0.904. The van der Waals surface area contributed by atoms with Crippen LogP contribution >= 0.6 is 15.9 Å². The van der Waals surface area contributed by atoms with Gasteiger partial charge in [0, 0.05) is 17.2 Å². The van der Waals surface area contributed by atoms with Gasteiger partial charge in [0.15, 0.2) is 0 Å². The van der Waals surface area contributed by atoms with Crippen molar-refractivity contribution in [1.82, 2.24) is 4.98 Å². The van der Waals surface area contributed by atoms with Crippen LogP contribution in [0.1, 0.15) is 6.42 Å². The summed E-state index contributed by atoms with van der Waals surface area (Å²) in [4.78, 5) is 4.03. The monoisotopic (exact) mass is 226 g/mol. The number of pyridine rings is 1. The highest BCUT2D eigenvalue weighted by Crippen LogP contribution is 2.13. The molecule has 0 spiro atoms. The van der Waals surface area contributed by atoms with E-state index in [4.69, 9.17) is 0 Å². The second-order valence-corrected chi connectivity index (χ2v) is 3.31. The van der Waals surface area contributed by atoms with E-state index in [0.717, 1.165) is 23.1 Å². The molecule has 0 amide bonds. The van der Waals surface area contributed by atoms with E-state index in [-0.39, 0.29) is 0 Å². The second kappa shape index (κ2) is 4.93. The molecule has 1 heterocycles. The van der Waals surface area contributed by atoms with Crippen molar-refractivity contribution in [3.05, 3.63) is 35.6 Å². The fourth-order valence-electron chi connectivity index (χ4n) is 0.827. The Kier molecular flexibility index (Phi) is 3.80. The molecule has 1 aromatic rings. The van der Waals surface area contributed by atoms with Gasteiger partial charge in [0.05, 0.1) is 11.9 Å². The molecule has 0 aromatic carbocycles. The summed E-state index contributed by atoms with van der Waals surface area (Å²) in [6, 6.07) is 2.00. The molecule has 0 saturated carbocycles. The quantitative estimate of drug-likeness (QED) is 0.631. The van der Waals surface area contributed by atoms with Crippen LogP contribution in [0.15, 0.2) is 35.6 Å². The van der Waals surface area contributed by atoms with Gasteiger partial charge in [-0.05, 0) is 28.4 Å². The SMILES string of the molecule is C=CCCNc1cncc(Br)c1. The van der Waals surface area contributed by atoms with Crippen LogP contribution in [-0.2, 0) is 0 Å². The first kappa shape index (κ1) is 9.26. The highest BCUT2D eigenvalue weighted by Gasteiger charge is 1.91. The van der Waals surface area contributed by atoms with E-state index >= 15 is 0 Å². The van der Waals surface area contributed by atoms with E-state index < -0.39 is 0 Å². The van der Waals surface area contributed by atoms with E-state index in [2.05, 4.69) is 32.8 Å². The number of hydrogen-bond donors (Lipinski definition) is 1. The third kappa shape index (κ3) is 3.05. The molecule has 0 bridgehead atoms. The maximum absolute atomic E-state index is 4.03. The zero-order valence-electron chi connectivity index (χ0n) is 6.76. The minimum absolute atomic E-state index is 0.904. The Hall–Kier alpha value is -0.830. The topological polar surface area (TPSA) is 24.9 Å². The van der Waals surface area contributed by atoms with Gasteiger partial charge in [-0.3, -0.25) is 4.98 Å². The molecule has 0 radical (unpaired) electrons. The summed E-state index contributed by atoms with van der Waals surface area (Å²) in [6.07, 6.45) is 6.41. The van der Waals surface area contributed by atoms with Crippen LogP contribution in [0.3, 0.4) is 0 Å². The lowest BCUT2D eigenvalue weighted by atomic mass is 10.4. The third-order valence-corrected chi connectivity index (χ3v) is 1.82. The molecule has 3 heteroatoms. The molecule has 2 nitrogen and oxygen atoms in total. The Morgan fingerprint density at radius 1 is 1.58 bits per heavy atom. The average molecular weight is 227 g/mol. The van der Waals surface area contributed by atoms with Crippen molar-refractivity contribution in [3.63, 3.8) is 0 Å². The molecule has 0 atom stereocenters. The maximum atomic E-state index is 4.03. The van der Waals surface area contributed by atoms with Crippen molar-refractivity contribution in [2.45, 2.75) is 6.42 Å². The Labute approximate surface area is 80.8 Å². The number of nitrogens with one attached hydrogen (secondary N) is 1. The first-order valence-electron chi connectivity index (χ1n) is 3.78. The summed E-state index contributed by atoms with van der Waals surface area (Å²) in [5.41, 5.74) is 1.03. The number of anilines is 1. The number of aromatic nitrogens is 1. The fourth-order valence-corrected chi connectivity index (χ4v) is 1.19. The van der Waals surface area contributed by atoms with Gasteiger partial charge in [-0.15, -0.1) is 6.58 Å². The van der Waals surface area contributed by atoms with Crippen molar-refractivity contribution >= 4 is 21.6 Å². The minimum Gasteiger partial charge on any atom is -0.383 e. The van der Waals surface area contributed by atoms with Crippen LogP contribution in [0.25, 0.3) is 0 Å². The van der Waals surface area contributed by atoms with Gasteiger partial charge >= 0.3 is 0 Å². The Morgan fingerprint density at radius 2 is 2.42 bits per heavy atom. The largest absolute Gasteiger partial charge is 0.383 e. The summed E-state index contributed by atoms with van der Waals surface area (Å²) in [7, 11) is 0. The molecule has 0 aliphatic carbocycles. The molecule has 12 heavy (non-hydrogen) atoms. The first-order valence-corrected chi connectivity index (χ1v) is 4.57. The Bertz CT molecular complexity index is 260. The summed E-state index contributed by atoms with van der Waals surface area (Å²) in [6.45, 7) is 4.55. The highest BCUT2D eigenvalue weighted by molar-refractivity contribution is 9.10. The molecule has 0 saturated heterocycles. The molecule has 1 rings (SSSR count). The van der Waals surface area contributed by atoms with Crippen LogP contribution in [0.2, 0.25) is 0 Å². The van der Waals surface area contributed by atoms with Crippen molar-refractivity contribution in [2.75, 3.05) is 11.9 Å². The average Bonchev–Trinajstić information content (AvgIpc) is 2.05. The van der Waals surface area contributed by atoms with Gasteiger partial charge in [0.25, 0.3) is 0 Å². The van der Waals surface area contributed by atoms with Crippen LogP contribution in [0.4, 0.5) is 5.69 Å². The Balaban J connectivity index is 2.46. The molecule has 0 unspecified atom stereocenters. The normalized spacial score (nSPS) is 9.42. The van der Waals surface area contributed by atoms with Crippen LogP contribution in [-0.4, -0.2) is 11.5 Å². The Morgan fingerprint density at radius 3 is 3.08 bits per heavy atom. The van der Waals surface area contributed by atoms with Crippen molar-refractivity contribution in [2.24, 2.45) is 0 Å². The van der Waals surface area contributed by atoms with Crippen LogP contribution in [0, 0.1) is 0 Å². The van der Waals surface area contributed by atoms with Crippen LogP contribution < -0.4 is 5.32 Å². The lowest BCUT2D eigenvalue weighted by molar-refractivity contribution is 1.06. The van der Waals surface area contributed by atoms with E-state index in [1.54, 1.807) is 12.4 Å². The van der Waals surface area contributed by atoms with Crippen molar-refractivity contribution in [1.29, 1.82) is 0 Å². The first-order chi connectivity index (χ1) is 5.83. The fraction of sp³-hybridized carbons (Fsp3) is 0.222. The molecule has 1 N–H and O–H groups in total. The lowest BCUT2D eigenvalue weighted by Crippen LogP contribution is -1.99. The number of halogens is 1. The van der Waals surface area contributed by atoms with Gasteiger partial charge in [-0.1, -0.05) is 6.08 Å². The predicted molar refractivity (Wildman–Crippen MR) is 55.2 cm³/mol. The van der Waals surface area contributed by atoms with Gasteiger partial charge in [0.1, 0.15) is 0 Å². The van der Waals surface area contributed by atoms with E-state index in [9.17, 15) is 0 Å². The standard InChI is InChI=1S/C9H11BrN2/c1-2-3-4-12-9-5-8(10)6-11-7-9/h2,5-7,12H,1,3-4H2. The van der Waals surface area contributed by atoms with Gasteiger partial charge in [-0.25, -0.2) is 0 Å². The molecular weight excluding hydrogens is 216 g/mol. The van der Waals surface area contributed by atoms with Gasteiger partial charge < -0.3 is 5.32 Å². The number of hydrogen-bond acceptors (Lipinski definition) is 2. The van der Waals surface area contributed by atoms with Gasteiger partial charge in [0.2, 0.25) is 0 Å². The molecule has 0 aliphatic rings. The zero-order valence-corrected chi connectivity index (χ0v) is 8.34. The van der Waals surface area contributed by atoms with Crippen molar-refractivity contribution < 1.29 is 0 Å². The van der Waals surface area contributed by atoms with E-state index in [0.29, 0.717) is 0 Å². The molecular formula is C9H11BrN2. The highest BCUT2D eigenvalue weighted by atomic mass is 79.9. The van der Waals surface area contributed by atoms with Crippen LogP contribution in [0.5, 0.6) is 0 Å². The molecule has 0 fully saturated rings. The zero-order chi connectivity index (χ0) is 8.81. The summed E-state index contributed by atoms with van der Waals surface area (Å²) < 4.78 is 0.992. The maximum Gasteiger partial charge on any atom is 0.0538 e. The van der Waals surface area contributed by atoms with E-state index in [1.165, 1.54) is 0 Å². The van der Waals surface area contributed by atoms with Crippen molar-refractivity contribution in [3.8, 4) is 0 Å². The number of rotatable bonds is 4. The smallest absolute Gasteiger partial charge is 0.0538 e. The molecule has 0 aliphatic heterocycles.